The lowest BCUT2D eigenvalue weighted by Crippen LogP contribution is -2.12. The topological polar surface area (TPSA) is 54.0 Å². The first-order chi connectivity index (χ1) is 9.22. The molecule has 0 unspecified atom stereocenters. The van der Waals surface area contributed by atoms with Crippen molar-refractivity contribution in [3.05, 3.63) is 53.3 Å². The first kappa shape index (κ1) is 11.7. The Morgan fingerprint density at radius 2 is 2.21 bits per heavy atom. The predicted octanol–water partition coefficient (Wildman–Crippen LogP) is 2.61. The molecular formula is C15H15N3O. The van der Waals surface area contributed by atoms with Crippen molar-refractivity contribution in [2.24, 2.45) is 0 Å². The van der Waals surface area contributed by atoms with E-state index in [4.69, 9.17) is 0 Å². The van der Waals surface area contributed by atoms with E-state index in [1.54, 1.807) is 12.3 Å². The van der Waals surface area contributed by atoms with E-state index < -0.39 is 0 Å². The Labute approximate surface area is 111 Å². The van der Waals surface area contributed by atoms with Crippen molar-refractivity contribution in [3.8, 4) is 0 Å². The van der Waals surface area contributed by atoms with Crippen LogP contribution < -0.4 is 10.6 Å². The van der Waals surface area contributed by atoms with Crippen molar-refractivity contribution in [1.29, 1.82) is 0 Å². The van der Waals surface area contributed by atoms with Crippen molar-refractivity contribution in [3.63, 3.8) is 0 Å². The van der Waals surface area contributed by atoms with Crippen LogP contribution in [0, 0.1) is 6.92 Å². The van der Waals surface area contributed by atoms with Crippen molar-refractivity contribution in [2.45, 2.75) is 13.3 Å². The van der Waals surface area contributed by atoms with E-state index in [2.05, 4.69) is 15.6 Å². The number of aryl methyl sites for hydroxylation is 1. The van der Waals surface area contributed by atoms with Gasteiger partial charge in [0.1, 0.15) is 0 Å². The largest absolute Gasteiger partial charge is 0.384 e. The molecule has 0 saturated carbocycles. The van der Waals surface area contributed by atoms with Crippen LogP contribution in [0.4, 0.5) is 11.4 Å². The maximum atomic E-state index is 12.2. The molecule has 96 valence electrons. The number of hydrogen-bond acceptors (Lipinski definition) is 3. The van der Waals surface area contributed by atoms with Crippen LogP contribution in [-0.2, 0) is 6.42 Å². The molecule has 1 aliphatic heterocycles. The van der Waals surface area contributed by atoms with Crippen molar-refractivity contribution < 1.29 is 4.79 Å². The summed E-state index contributed by atoms with van der Waals surface area (Å²) in [7, 11) is 0. The maximum absolute atomic E-state index is 12.2. The molecule has 0 spiro atoms. The fourth-order valence-corrected chi connectivity index (χ4v) is 2.27. The Bertz CT molecular complexity index is 637. The zero-order valence-corrected chi connectivity index (χ0v) is 10.7. The monoisotopic (exact) mass is 253 g/mol. The van der Waals surface area contributed by atoms with Gasteiger partial charge in [0.2, 0.25) is 0 Å². The van der Waals surface area contributed by atoms with Crippen LogP contribution in [0.2, 0.25) is 0 Å². The minimum absolute atomic E-state index is 0.0831. The Balaban J connectivity index is 1.81. The second-order valence-electron chi connectivity index (χ2n) is 4.69. The highest BCUT2D eigenvalue weighted by molar-refractivity contribution is 6.04. The number of aromatic nitrogens is 1. The average Bonchev–Trinajstić information content (AvgIpc) is 2.85. The molecule has 4 nitrogen and oxygen atoms in total. The lowest BCUT2D eigenvalue weighted by molar-refractivity contribution is 0.102. The normalized spacial score (nSPS) is 12.7. The summed E-state index contributed by atoms with van der Waals surface area (Å²) in [5.74, 6) is -0.0831. The van der Waals surface area contributed by atoms with Crippen LogP contribution in [-0.4, -0.2) is 17.4 Å². The van der Waals surface area contributed by atoms with Gasteiger partial charge in [0, 0.05) is 35.4 Å². The van der Waals surface area contributed by atoms with Gasteiger partial charge in [-0.2, -0.15) is 0 Å². The fourth-order valence-electron chi connectivity index (χ4n) is 2.27. The molecular weight excluding hydrogens is 238 g/mol. The van der Waals surface area contributed by atoms with E-state index in [0.29, 0.717) is 5.56 Å². The molecule has 0 bridgehead atoms. The van der Waals surface area contributed by atoms with E-state index in [1.807, 2.05) is 31.2 Å². The summed E-state index contributed by atoms with van der Waals surface area (Å²) in [6.07, 6.45) is 2.67. The lowest BCUT2D eigenvalue weighted by Gasteiger charge is -2.07. The Kier molecular flexibility index (Phi) is 2.91. The third-order valence-corrected chi connectivity index (χ3v) is 3.23. The van der Waals surface area contributed by atoms with Crippen LogP contribution in [0.5, 0.6) is 0 Å². The van der Waals surface area contributed by atoms with Gasteiger partial charge in [-0.3, -0.25) is 9.78 Å². The number of nitrogens with one attached hydrogen (secondary N) is 2. The summed E-state index contributed by atoms with van der Waals surface area (Å²) in [5, 5.41) is 6.17. The number of rotatable bonds is 2. The number of pyridine rings is 1. The minimum Gasteiger partial charge on any atom is -0.384 e. The average molecular weight is 253 g/mol. The van der Waals surface area contributed by atoms with Gasteiger partial charge >= 0.3 is 0 Å². The molecule has 4 heteroatoms. The molecule has 3 rings (SSSR count). The van der Waals surface area contributed by atoms with Gasteiger partial charge in [-0.1, -0.05) is 0 Å². The van der Waals surface area contributed by atoms with Crippen LogP contribution in [0.1, 0.15) is 21.6 Å². The summed E-state index contributed by atoms with van der Waals surface area (Å²) in [4.78, 5) is 16.3. The third-order valence-electron chi connectivity index (χ3n) is 3.23. The molecule has 1 aromatic heterocycles. The molecule has 19 heavy (non-hydrogen) atoms. The predicted molar refractivity (Wildman–Crippen MR) is 75.6 cm³/mol. The zero-order chi connectivity index (χ0) is 13.2. The highest BCUT2D eigenvalue weighted by Crippen LogP contribution is 2.23. The van der Waals surface area contributed by atoms with Crippen molar-refractivity contribution >= 4 is 17.3 Å². The van der Waals surface area contributed by atoms with E-state index in [9.17, 15) is 4.79 Å². The highest BCUT2D eigenvalue weighted by atomic mass is 16.1. The number of benzene rings is 1. The van der Waals surface area contributed by atoms with Crippen LogP contribution in [0.3, 0.4) is 0 Å². The number of carbonyl (C=O) groups excluding carboxylic acids is 1. The molecule has 2 aromatic rings. The molecule has 2 N–H and O–H groups in total. The van der Waals surface area contributed by atoms with E-state index >= 15 is 0 Å². The smallest absolute Gasteiger partial charge is 0.255 e. The number of fused-ring (bicyclic) bond motifs is 1. The molecule has 1 amide bonds. The summed E-state index contributed by atoms with van der Waals surface area (Å²) >= 11 is 0. The van der Waals surface area contributed by atoms with Crippen LogP contribution >= 0.6 is 0 Å². The van der Waals surface area contributed by atoms with Crippen LogP contribution in [0.25, 0.3) is 0 Å². The number of nitrogens with zero attached hydrogens (tertiary/aromatic N) is 1. The van der Waals surface area contributed by atoms with Crippen molar-refractivity contribution in [1.82, 2.24) is 4.98 Å². The van der Waals surface area contributed by atoms with E-state index in [-0.39, 0.29) is 5.91 Å². The van der Waals surface area contributed by atoms with Crippen LogP contribution in [0.15, 0.2) is 36.5 Å². The van der Waals surface area contributed by atoms with Gasteiger partial charge in [0.15, 0.2) is 0 Å². The summed E-state index contributed by atoms with van der Waals surface area (Å²) in [6, 6.07) is 9.42. The first-order valence-corrected chi connectivity index (χ1v) is 6.33. The Morgan fingerprint density at radius 3 is 3.05 bits per heavy atom. The quantitative estimate of drug-likeness (QED) is 0.865. The number of hydrogen-bond donors (Lipinski definition) is 2. The third kappa shape index (κ3) is 2.42. The number of anilines is 2. The summed E-state index contributed by atoms with van der Waals surface area (Å²) in [5.41, 5.74) is 4.69. The van der Waals surface area contributed by atoms with Crippen molar-refractivity contribution in [2.75, 3.05) is 17.2 Å². The van der Waals surface area contributed by atoms with Gasteiger partial charge in [-0.05, 0) is 49.2 Å². The van der Waals surface area contributed by atoms with E-state index in [1.165, 1.54) is 5.56 Å². The molecule has 0 fully saturated rings. The molecule has 0 saturated heterocycles. The molecule has 1 aromatic carbocycles. The number of carbonyl (C=O) groups is 1. The second-order valence-corrected chi connectivity index (χ2v) is 4.69. The summed E-state index contributed by atoms with van der Waals surface area (Å²) < 4.78 is 0. The SMILES string of the molecule is Cc1cc(NC(=O)c2ccc3c(c2)CCN3)ccn1. The second kappa shape index (κ2) is 4.72. The molecule has 2 heterocycles. The standard InChI is InChI=1S/C15H15N3O/c1-10-8-13(5-7-16-10)18-15(19)12-2-3-14-11(9-12)4-6-17-14/h2-3,5,7-9,17H,4,6H2,1H3,(H,16,18,19). The highest BCUT2D eigenvalue weighted by Gasteiger charge is 2.13. The Morgan fingerprint density at radius 1 is 1.32 bits per heavy atom. The first-order valence-electron chi connectivity index (χ1n) is 6.33. The fraction of sp³-hybridized carbons (Fsp3) is 0.200. The molecule has 1 aliphatic rings. The minimum atomic E-state index is -0.0831. The Hall–Kier alpha value is -2.36. The number of amides is 1. The summed E-state index contributed by atoms with van der Waals surface area (Å²) in [6.45, 7) is 2.85. The van der Waals surface area contributed by atoms with E-state index in [0.717, 1.165) is 30.0 Å². The van der Waals surface area contributed by atoms with Gasteiger partial charge in [0.05, 0.1) is 0 Å². The maximum Gasteiger partial charge on any atom is 0.255 e. The molecule has 0 aliphatic carbocycles. The lowest BCUT2D eigenvalue weighted by atomic mass is 10.1. The molecule has 0 atom stereocenters. The van der Waals surface area contributed by atoms with Gasteiger partial charge in [-0.25, -0.2) is 0 Å². The van der Waals surface area contributed by atoms with Gasteiger partial charge < -0.3 is 10.6 Å². The van der Waals surface area contributed by atoms with Gasteiger partial charge in [0.25, 0.3) is 5.91 Å². The molecule has 0 radical (unpaired) electrons. The van der Waals surface area contributed by atoms with Gasteiger partial charge in [-0.15, -0.1) is 0 Å². The zero-order valence-electron chi connectivity index (χ0n) is 10.7.